The van der Waals surface area contributed by atoms with Gasteiger partial charge in [-0.05, 0) is 35.0 Å². The summed E-state index contributed by atoms with van der Waals surface area (Å²) >= 11 is 3.39. The van der Waals surface area contributed by atoms with Crippen LogP contribution in [-0.2, 0) is 13.6 Å². The van der Waals surface area contributed by atoms with Crippen LogP contribution in [0.1, 0.15) is 24.2 Å². The van der Waals surface area contributed by atoms with E-state index in [1.807, 2.05) is 36.1 Å². The number of aromatic nitrogens is 4. The predicted octanol–water partition coefficient (Wildman–Crippen LogP) is 2.63. The lowest BCUT2D eigenvalue weighted by molar-refractivity contribution is 0.220. The number of hydrogen-bond donors (Lipinski definition) is 1. The number of nitrogens with zero attached hydrogens (tertiary/aromatic N) is 4. The van der Waals surface area contributed by atoms with Crippen molar-refractivity contribution in [3.05, 3.63) is 46.5 Å². The fourth-order valence-corrected chi connectivity index (χ4v) is 3.01. The fourth-order valence-electron chi connectivity index (χ4n) is 2.44. The van der Waals surface area contributed by atoms with Crippen LogP contribution >= 0.6 is 15.9 Å². The molecule has 5 nitrogen and oxygen atoms in total. The van der Waals surface area contributed by atoms with Crippen molar-refractivity contribution >= 4 is 27.0 Å². The van der Waals surface area contributed by atoms with Crippen LogP contribution in [0.4, 0.5) is 0 Å². The molecule has 0 saturated carbocycles. The van der Waals surface area contributed by atoms with E-state index in [4.69, 9.17) is 0 Å². The van der Waals surface area contributed by atoms with E-state index >= 15 is 0 Å². The molecule has 0 aliphatic heterocycles. The molecule has 20 heavy (non-hydrogen) atoms. The van der Waals surface area contributed by atoms with Crippen LogP contribution in [0.5, 0.6) is 0 Å². The Balaban J connectivity index is 2.17. The predicted molar refractivity (Wildman–Crippen MR) is 80.4 cm³/mol. The van der Waals surface area contributed by atoms with Crippen molar-refractivity contribution in [2.24, 2.45) is 7.05 Å². The quantitative estimate of drug-likeness (QED) is 0.801. The smallest absolute Gasteiger partial charge is 0.140 e. The molecule has 0 fully saturated rings. The third kappa shape index (κ3) is 2.05. The van der Waals surface area contributed by atoms with E-state index in [0.717, 1.165) is 28.7 Å². The van der Waals surface area contributed by atoms with Gasteiger partial charge in [0.1, 0.15) is 16.4 Å². The summed E-state index contributed by atoms with van der Waals surface area (Å²) in [6, 6.07) is 3.87. The highest BCUT2D eigenvalue weighted by atomic mass is 79.9. The van der Waals surface area contributed by atoms with Crippen LogP contribution in [-0.4, -0.2) is 24.4 Å². The Morgan fingerprint density at radius 1 is 1.35 bits per heavy atom. The highest BCUT2D eigenvalue weighted by molar-refractivity contribution is 9.10. The number of rotatable bonds is 3. The summed E-state index contributed by atoms with van der Waals surface area (Å²) in [4.78, 5) is 4.40. The molecule has 0 bridgehead atoms. The second-order valence-electron chi connectivity index (χ2n) is 4.70. The molecule has 0 aliphatic rings. The Morgan fingerprint density at radius 3 is 2.80 bits per heavy atom. The topological polar surface area (TPSA) is 55.9 Å². The summed E-state index contributed by atoms with van der Waals surface area (Å²) in [6.45, 7) is 2.87. The Hall–Kier alpha value is -1.66. The van der Waals surface area contributed by atoms with Crippen molar-refractivity contribution in [3.8, 4) is 0 Å². The molecule has 0 radical (unpaired) electrons. The average molecular weight is 335 g/mol. The first-order valence-electron chi connectivity index (χ1n) is 6.42. The second-order valence-corrected chi connectivity index (χ2v) is 5.45. The normalized spacial score (nSPS) is 13.0. The van der Waals surface area contributed by atoms with Gasteiger partial charge < -0.3 is 9.67 Å². The summed E-state index contributed by atoms with van der Waals surface area (Å²) in [5.41, 5.74) is 2.50. The van der Waals surface area contributed by atoms with Gasteiger partial charge in [-0.1, -0.05) is 0 Å². The third-order valence-electron chi connectivity index (χ3n) is 3.40. The molecule has 0 spiro atoms. The van der Waals surface area contributed by atoms with E-state index in [9.17, 15) is 5.11 Å². The first kappa shape index (κ1) is 13.3. The SMILES string of the molecule is CCn1cc(C(O)c2cn(C)nc2Br)c2cccnc21. The molecule has 0 aliphatic carbocycles. The van der Waals surface area contributed by atoms with E-state index in [1.54, 1.807) is 10.9 Å². The summed E-state index contributed by atoms with van der Waals surface area (Å²) in [5.74, 6) is 0. The summed E-state index contributed by atoms with van der Waals surface area (Å²) in [5, 5.41) is 15.9. The maximum atomic E-state index is 10.7. The van der Waals surface area contributed by atoms with Gasteiger partial charge in [-0.25, -0.2) is 4.98 Å². The number of aryl methyl sites for hydroxylation is 2. The largest absolute Gasteiger partial charge is 0.383 e. The molecule has 1 atom stereocenters. The van der Waals surface area contributed by atoms with Crippen molar-refractivity contribution < 1.29 is 5.11 Å². The molecule has 104 valence electrons. The Morgan fingerprint density at radius 2 is 2.15 bits per heavy atom. The number of halogens is 1. The minimum Gasteiger partial charge on any atom is -0.383 e. The summed E-state index contributed by atoms with van der Waals surface area (Å²) in [6.07, 6.45) is 4.82. The zero-order valence-corrected chi connectivity index (χ0v) is 12.9. The van der Waals surface area contributed by atoms with Crippen LogP contribution in [0.25, 0.3) is 11.0 Å². The lowest BCUT2D eigenvalue weighted by atomic mass is 10.1. The van der Waals surface area contributed by atoms with Crippen molar-refractivity contribution in [2.75, 3.05) is 0 Å². The van der Waals surface area contributed by atoms with Gasteiger partial charge in [0.05, 0.1) is 0 Å². The standard InChI is InChI=1S/C14H15BrN4O/c1-3-19-8-10(9-5-4-6-16-14(9)19)12(20)11-7-18(2)17-13(11)15/h4-8,12,20H,3H2,1-2H3. The molecule has 0 aromatic carbocycles. The molecule has 3 heterocycles. The number of fused-ring (bicyclic) bond motifs is 1. The summed E-state index contributed by atoms with van der Waals surface area (Å²) < 4.78 is 4.38. The van der Waals surface area contributed by atoms with E-state index < -0.39 is 6.10 Å². The first-order valence-corrected chi connectivity index (χ1v) is 7.22. The van der Waals surface area contributed by atoms with Crippen LogP contribution in [0, 0.1) is 0 Å². The number of aliphatic hydroxyl groups is 1. The van der Waals surface area contributed by atoms with Gasteiger partial charge in [0.15, 0.2) is 0 Å². The highest BCUT2D eigenvalue weighted by Gasteiger charge is 2.21. The van der Waals surface area contributed by atoms with E-state index in [2.05, 4.69) is 32.9 Å². The van der Waals surface area contributed by atoms with Crippen molar-refractivity contribution in [2.45, 2.75) is 19.6 Å². The van der Waals surface area contributed by atoms with Crippen LogP contribution in [0.2, 0.25) is 0 Å². The van der Waals surface area contributed by atoms with E-state index in [0.29, 0.717) is 4.60 Å². The zero-order valence-electron chi connectivity index (χ0n) is 11.3. The number of aliphatic hydroxyl groups excluding tert-OH is 1. The molecule has 1 unspecified atom stereocenters. The van der Waals surface area contributed by atoms with Gasteiger partial charge in [0, 0.05) is 48.7 Å². The molecular weight excluding hydrogens is 320 g/mol. The minimum atomic E-state index is -0.724. The molecule has 3 aromatic heterocycles. The maximum Gasteiger partial charge on any atom is 0.140 e. The van der Waals surface area contributed by atoms with Gasteiger partial charge in [0.2, 0.25) is 0 Å². The third-order valence-corrected chi connectivity index (χ3v) is 4.02. The van der Waals surface area contributed by atoms with Gasteiger partial charge >= 0.3 is 0 Å². The van der Waals surface area contributed by atoms with Gasteiger partial charge in [-0.3, -0.25) is 4.68 Å². The molecule has 1 N–H and O–H groups in total. The molecule has 3 rings (SSSR count). The second kappa shape index (κ2) is 5.03. The molecule has 0 amide bonds. The minimum absolute atomic E-state index is 0.661. The van der Waals surface area contributed by atoms with Crippen LogP contribution in [0.3, 0.4) is 0 Å². The molecule has 6 heteroatoms. The fraction of sp³-hybridized carbons (Fsp3) is 0.286. The zero-order chi connectivity index (χ0) is 14.3. The Kier molecular flexibility index (Phi) is 3.35. The lowest BCUT2D eigenvalue weighted by Crippen LogP contribution is -1.98. The molecule has 0 saturated heterocycles. The van der Waals surface area contributed by atoms with Crippen LogP contribution < -0.4 is 0 Å². The van der Waals surface area contributed by atoms with Gasteiger partial charge in [0.25, 0.3) is 0 Å². The van der Waals surface area contributed by atoms with Crippen molar-refractivity contribution in [1.29, 1.82) is 0 Å². The monoisotopic (exact) mass is 334 g/mol. The van der Waals surface area contributed by atoms with Crippen molar-refractivity contribution in [3.63, 3.8) is 0 Å². The van der Waals surface area contributed by atoms with Gasteiger partial charge in [-0.15, -0.1) is 0 Å². The van der Waals surface area contributed by atoms with Crippen molar-refractivity contribution in [1.82, 2.24) is 19.3 Å². The Labute approximate surface area is 125 Å². The van der Waals surface area contributed by atoms with E-state index in [1.165, 1.54) is 0 Å². The average Bonchev–Trinajstić information content (AvgIpc) is 2.98. The lowest BCUT2D eigenvalue weighted by Gasteiger charge is -2.07. The highest BCUT2D eigenvalue weighted by Crippen LogP contribution is 2.32. The summed E-state index contributed by atoms with van der Waals surface area (Å²) in [7, 11) is 1.83. The molecular formula is C14H15BrN4O. The van der Waals surface area contributed by atoms with E-state index in [-0.39, 0.29) is 0 Å². The number of hydrogen-bond acceptors (Lipinski definition) is 3. The first-order chi connectivity index (χ1) is 9.61. The maximum absolute atomic E-state index is 10.7. The van der Waals surface area contributed by atoms with Crippen LogP contribution in [0.15, 0.2) is 35.3 Å². The Bertz CT molecular complexity index is 762. The molecule has 3 aromatic rings. The van der Waals surface area contributed by atoms with Gasteiger partial charge in [-0.2, -0.15) is 5.10 Å². The number of pyridine rings is 1.